The fourth-order valence-electron chi connectivity index (χ4n) is 7.04. The molecule has 4 aliphatic heterocycles. The van der Waals surface area contributed by atoms with E-state index in [0.717, 1.165) is 16.8 Å². The minimum atomic E-state index is -1.46. The van der Waals surface area contributed by atoms with Gasteiger partial charge in [-0.25, -0.2) is 0 Å². The van der Waals surface area contributed by atoms with Crippen molar-refractivity contribution in [3.8, 4) is 0 Å². The van der Waals surface area contributed by atoms with Gasteiger partial charge in [0.15, 0.2) is 0 Å². The molecule has 232 valence electrons. The Morgan fingerprint density at radius 1 is 1.12 bits per heavy atom. The number of cyclic esters (lactones) is 1. The number of nitrogens with one attached hydrogen (secondary N) is 1. The highest BCUT2D eigenvalue weighted by molar-refractivity contribution is 6.06. The second-order valence-electron chi connectivity index (χ2n) is 12.7. The van der Waals surface area contributed by atoms with E-state index in [9.17, 15) is 24.3 Å². The van der Waals surface area contributed by atoms with Crippen molar-refractivity contribution >= 4 is 29.4 Å². The number of ether oxygens (including phenoxy) is 2. The van der Waals surface area contributed by atoms with Gasteiger partial charge in [-0.2, -0.15) is 0 Å². The smallest absolute Gasteiger partial charge is 0.313 e. The molecule has 1 aromatic rings. The Kier molecular flexibility index (Phi) is 8.81. The molecular formula is C33H43N3O7. The molecule has 10 heteroatoms. The van der Waals surface area contributed by atoms with Crippen LogP contribution < -0.4 is 10.2 Å². The van der Waals surface area contributed by atoms with Crippen LogP contribution in [-0.4, -0.2) is 83.3 Å². The van der Waals surface area contributed by atoms with E-state index in [2.05, 4.69) is 5.32 Å². The molecule has 43 heavy (non-hydrogen) atoms. The zero-order valence-corrected chi connectivity index (χ0v) is 25.6. The van der Waals surface area contributed by atoms with Crippen LogP contribution in [0, 0.1) is 31.6 Å². The van der Waals surface area contributed by atoms with Crippen LogP contribution in [0.4, 0.5) is 5.69 Å². The number of hydrogen-bond acceptors (Lipinski definition) is 7. The summed E-state index contributed by atoms with van der Waals surface area (Å²) in [5, 5.41) is 13.3. The van der Waals surface area contributed by atoms with Gasteiger partial charge in [-0.1, -0.05) is 50.3 Å². The second kappa shape index (κ2) is 12.2. The molecule has 2 saturated heterocycles. The molecule has 1 aromatic carbocycles. The maximum atomic E-state index is 14.8. The number of anilines is 1. The number of esters is 1. The molecule has 1 spiro atoms. The molecule has 3 amide bonds. The number of benzene rings is 1. The quantitative estimate of drug-likeness (QED) is 0.397. The van der Waals surface area contributed by atoms with Crippen LogP contribution in [0.25, 0.3) is 0 Å². The Hall–Kier alpha value is -3.50. The van der Waals surface area contributed by atoms with Crippen LogP contribution in [0.5, 0.6) is 0 Å². The van der Waals surface area contributed by atoms with E-state index in [0.29, 0.717) is 12.8 Å². The van der Waals surface area contributed by atoms with Crippen LogP contribution in [0.15, 0.2) is 42.5 Å². The number of aryl methyl sites for hydroxylation is 2. The van der Waals surface area contributed by atoms with Crippen molar-refractivity contribution in [1.29, 1.82) is 0 Å². The zero-order chi connectivity index (χ0) is 31.1. The Bertz CT molecular complexity index is 1340. The van der Waals surface area contributed by atoms with Crippen molar-refractivity contribution in [3.63, 3.8) is 0 Å². The number of hydrogen-bond donors (Lipinski definition) is 2. The highest BCUT2D eigenvalue weighted by Crippen LogP contribution is 2.54. The summed E-state index contributed by atoms with van der Waals surface area (Å²) in [6, 6.07) is 4.15. The monoisotopic (exact) mass is 593 g/mol. The molecule has 0 saturated carbocycles. The molecule has 0 unspecified atom stereocenters. The van der Waals surface area contributed by atoms with Gasteiger partial charge in [0.1, 0.15) is 23.7 Å². The fourth-order valence-corrected chi connectivity index (χ4v) is 7.04. The van der Waals surface area contributed by atoms with E-state index in [4.69, 9.17) is 9.47 Å². The minimum Gasteiger partial charge on any atom is -0.460 e. The first-order chi connectivity index (χ1) is 20.5. The number of allylic oxidation sites excluding steroid dienone is 1. The van der Waals surface area contributed by atoms with Gasteiger partial charge in [0.25, 0.3) is 5.91 Å². The molecular weight excluding hydrogens is 550 g/mol. The van der Waals surface area contributed by atoms with Crippen molar-refractivity contribution in [2.24, 2.45) is 17.8 Å². The molecule has 0 bridgehead atoms. The summed E-state index contributed by atoms with van der Waals surface area (Å²) < 4.78 is 12.5. The summed E-state index contributed by atoms with van der Waals surface area (Å²) in [5.41, 5.74) is 1.18. The SMILES string of the molecule is Cc1ccc(C)c(N2CC=C[C@]34O[C@@H]5/C=C\CCC(=O)NC[C@@H](C)OC(=O)[C@@H]5[C@H]3C(=O)N([C@@H](CO)CC(C)C)[C@@H]4C2=O)c1. The molecule has 2 N–H and O–H groups in total. The number of likely N-dealkylation sites (tertiary alicyclic amines) is 1. The fraction of sp³-hybridized carbons (Fsp3) is 0.576. The lowest BCUT2D eigenvalue weighted by Crippen LogP contribution is -2.58. The van der Waals surface area contributed by atoms with Crippen molar-refractivity contribution < 1.29 is 33.8 Å². The number of rotatable bonds is 5. The number of fused-ring (bicyclic) bond motifs is 2. The van der Waals surface area contributed by atoms with Gasteiger partial charge in [-0.15, -0.1) is 0 Å². The molecule has 0 aromatic heterocycles. The number of carbonyl (C=O) groups excluding carboxylic acids is 4. The number of aliphatic hydroxyl groups is 1. The van der Waals surface area contributed by atoms with Gasteiger partial charge in [-0.05, 0) is 56.7 Å². The average molecular weight is 594 g/mol. The lowest BCUT2D eigenvalue weighted by molar-refractivity contribution is -0.159. The number of amides is 3. The zero-order valence-electron chi connectivity index (χ0n) is 25.6. The van der Waals surface area contributed by atoms with E-state index in [-0.39, 0.29) is 43.8 Å². The van der Waals surface area contributed by atoms with E-state index in [1.165, 1.54) is 4.90 Å². The number of carbonyl (C=O) groups is 4. The predicted molar refractivity (Wildman–Crippen MR) is 160 cm³/mol. The molecule has 0 aliphatic carbocycles. The Morgan fingerprint density at radius 2 is 1.88 bits per heavy atom. The third-order valence-electron chi connectivity index (χ3n) is 8.97. The lowest BCUT2D eigenvalue weighted by atomic mass is 9.78. The molecule has 7 atom stereocenters. The van der Waals surface area contributed by atoms with Crippen molar-refractivity contribution in [2.45, 2.75) is 83.8 Å². The number of nitrogens with zero attached hydrogens (tertiary/aromatic N) is 2. The normalized spacial score (nSPS) is 32.7. The Balaban J connectivity index is 1.64. The van der Waals surface area contributed by atoms with E-state index >= 15 is 0 Å². The van der Waals surface area contributed by atoms with E-state index in [1.54, 1.807) is 30.1 Å². The van der Waals surface area contributed by atoms with Gasteiger partial charge in [0, 0.05) is 18.7 Å². The molecule has 5 rings (SSSR count). The van der Waals surface area contributed by atoms with Crippen molar-refractivity contribution in [2.75, 3.05) is 24.6 Å². The van der Waals surface area contributed by atoms with Gasteiger partial charge >= 0.3 is 5.97 Å². The van der Waals surface area contributed by atoms with Gasteiger partial charge in [0.05, 0.1) is 31.2 Å². The van der Waals surface area contributed by atoms with E-state index < -0.39 is 53.6 Å². The summed E-state index contributed by atoms with van der Waals surface area (Å²) in [5.74, 6) is -3.42. The second-order valence-corrected chi connectivity index (χ2v) is 12.7. The third-order valence-corrected chi connectivity index (χ3v) is 8.97. The maximum absolute atomic E-state index is 14.8. The highest BCUT2D eigenvalue weighted by Gasteiger charge is 2.72. The molecule has 0 radical (unpaired) electrons. The summed E-state index contributed by atoms with van der Waals surface area (Å²) in [6.07, 6.45) is 6.81. The highest BCUT2D eigenvalue weighted by atomic mass is 16.6. The van der Waals surface area contributed by atoms with Crippen molar-refractivity contribution in [3.05, 3.63) is 53.6 Å². The summed E-state index contributed by atoms with van der Waals surface area (Å²) in [4.78, 5) is 58.5. The first kappa shape index (κ1) is 30.9. The van der Waals surface area contributed by atoms with Gasteiger partial charge < -0.3 is 29.7 Å². The summed E-state index contributed by atoms with van der Waals surface area (Å²) >= 11 is 0. The Morgan fingerprint density at radius 3 is 2.60 bits per heavy atom. The minimum absolute atomic E-state index is 0.131. The third kappa shape index (κ3) is 5.62. The molecule has 4 heterocycles. The topological polar surface area (TPSA) is 125 Å². The summed E-state index contributed by atoms with van der Waals surface area (Å²) in [6.45, 7) is 9.66. The number of aliphatic hydroxyl groups excluding tert-OH is 1. The van der Waals surface area contributed by atoms with Crippen LogP contribution in [0.3, 0.4) is 0 Å². The van der Waals surface area contributed by atoms with Crippen LogP contribution in [0.1, 0.15) is 51.2 Å². The van der Waals surface area contributed by atoms with Gasteiger partial charge in [0.2, 0.25) is 11.8 Å². The van der Waals surface area contributed by atoms with Crippen LogP contribution in [0.2, 0.25) is 0 Å². The first-order valence-electron chi connectivity index (χ1n) is 15.3. The first-order valence-corrected chi connectivity index (χ1v) is 15.3. The molecule has 2 fully saturated rings. The van der Waals surface area contributed by atoms with Crippen LogP contribution >= 0.6 is 0 Å². The Labute approximate surface area is 253 Å². The standard InChI is InChI=1S/C33H43N3O7/c1-19(2)15-23(18-37)36-29-31(40)35(24-16-20(3)11-12-21(24)4)14-8-13-33(29)28(30(36)39)27-25(43-33)9-6-7-10-26(38)34-17-22(5)42-32(27)41/h6,8-9,11-13,16,19,22-23,25,27-29,37H,7,10,14-15,17-18H2,1-5H3,(H,34,38)/b9-6-/t22-,23-,25-,27+,28+,29-,33+/m1/s1. The maximum Gasteiger partial charge on any atom is 0.313 e. The predicted octanol–water partition coefficient (Wildman–Crippen LogP) is 2.59. The summed E-state index contributed by atoms with van der Waals surface area (Å²) in [7, 11) is 0. The average Bonchev–Trinajstić information content (AvgIpc) is 3.34. The largest absolute Gasteiger partial charge is 0.460 e. The van der Waals surface area contributed by atoms with Crippen molar-refractivity contribution in [1.82, 2.24) is 10.2 Å². The van der Waals surface area contributed by atoms with E-state index in [1.807, 2.05) is 52.0 Å². The van der Waals surface area contributed by atoms with Gasteiger partial charge in [-0.3, -0.25) is 19.2 Å². The lowest BCUT2D eigenvalue weighted by Gasteiger charge is -2.39. The van der Waals surface area contributed by atoms with Crippen LogP contribution in [-0.2, 0) is 28.7 Å². The molecule has 10 nitrogen and oxygen atoms in total. The molecule has 4 aliphatic rings.